The molecule has 202 valence electrons. The van der Waals surface area contributed by atoms with Gasteiger partial charge in [0.2, 0.25) is 0 Å². The van der Waals surface area contributed by atoms with Gasteiger partial charge in [0.15, 0.2) is 0 Å². The van der Waals surface area contributed by atoms with Crippen LogP contribution in [0.4, 0.5) is 13.2 Å². The van der Waals surface area contributed by atoms with Crippen molar-refractivity contribution in [2.75, 3.05) is 13.2 Å². The van der Waals surface area contributed by atoms with Gasteiger partial charge < -0.3 is 20.3 Å². The van der Waals surface area contributed by atoms with E-state index in [0.717, 1.165) is 30.2 Å². The maximum atomic E-state index is 13.8. The van der Waals surface area contributed by atoms with Crippen molar-refractivity contribution in [2.45, 2.75) is 50.7 Å². The van der Waals surface area contributed by atoms with Crippen molar-refractivity contribution in [3.8, 4) is 16.2 Å². The first-order chi connectivity index (χ1) is 17.3. The lowest BCUT2D eigenvalue weighted by atomic mass is 9.96. The summed E-state index contributed by atoms with van der Waals surface area (Å²) in [5, 5.41) is 0.259. The number of unbranched alkanes of at least 4 members (excludes halogenated alkanes) is 1. The van der Waals surface area contributed by atoms with Crippen molar-refractivity contribution in [2.24, 2.45) is 5.73 Å². The van der Waals surface area contributed by atoms with Gasteiger partial charge in [-0.1, -0.05) is 37.3 Å². The molecule has 2 aromatic carbocycles. The highest BCUT2D eigenvalue weighted by Crippen LogP contribution is 2.42. The number of hydrogen-bond donors (Lipinski definition) is 3. The molecular weight excluding hydrogens is 528 g/mol. The zero-order chi connectivity index (χ0) is 27.3. The number of hydrogen-bond acceptors (Lipinski definition) is 6. The average molecular weight is 559 g/mol. The predicted molar refractivity (Wildman–Crippen MR) is 136 cm³/mol. The van der Waals surface area contributed by atoms with Crippen LogP contribution in [0.25, 0.3) is 10.4 Å². The molecule has 12 heteroatoms. The van der Waals surface area contributed by atoms with Crippen molar-refractivity contribution in [1.29, 1.82) is 0 Å². The van der Waals surface area contributed by atoms with Gasteiger partial charge in [-0.2, -0.15) is 13.2 Å². The number of benzene rings is 2. The highest BCUT2D eigenvalue weighted by atomic mass is 32.1. The number of phosphoric ester groups is 1. The fourth-order valence-corrected chi connectivity index (χ4v) is 5.06. The Balaban J connectivity index is 1.65. The summed E-state index contributed by atoms with van der Waals surface area (Å²) in [6.07, 6.45) is -0.902. The first-order valence-electron chi connectivity index (χ1n) is 11.6. The zero-order valence-electron chi connectivity index (χ0n) is 20.4. The van der Waals surface area contributed by atoms with Crippen LogP contribution in [0.1, 0.15) is 55.2 Å². The normalized spacial score (nSPS) is 14.8. The Bertz CT molecular complexity index is 1210. The number of alkyl halides is 3. The number of aromatic nitrogens is 1. The smallest absolute Gasteiger partial charge is 0.469 e. The number of halogens is 3. The predicted octanol–water partition coefficient (Wildman–Crippen LogP) is 6.46. The van der Waals surface area contributed by atoms with Crippen LogP contribution in [0.2, 0.25) is 0 Å². The number of thiazole rings is 1. The molecule has 3 rings (SSSR count). The number of nitrogens with zero attached hydrogens (tertiary/aromatic N) is 1. The van der Waals surface area contributed by atoms with E-state index in [0.29, 0.717) is 17.2 Å². The van der Waals surface area contributed by atoms with E-state index in [4.69, 9.17) is 20.3 Å². The van der Waals surface area contributed by atoms with E-state index in [-0.39, 0.29) is 22.9 Å². The number of ether oxygens (including phenoxy) is 1. The number of phosphoric acid groups is 1. The minimum Gasteiger partial charge on any atom is -0.493 e. The van der Waals surface area contributed by atoms with Crippen LogP contribution in [0.15, 0.2) is 54.7 Å². The average Bonchev–Trinajstić information content (AvgIpc) is 3.33. The largest absolute Gasteiger partial charge is 0.493 e. The highest BCUT2D eigenvalue weighted by Gasteiger charge is 2.35. The Labute approximate surface area is 217 Å². The zero-order valence-corrected chi connectivity index (χ0v) is 22.2. The molecule has 1 aromatic heterocycles. The second-order valence-corrected chi connectivity index (χ2v) is 11.3. The van der Waals surface area contributed by atoms with Crippen molar-refractivity contribution in [1.82, 2.24) is 4.98 Å². The molecule has 0 spiro atoms. The molecule has 7 nitrogen and oxygen atoms in total. The van der Waals surface area contributed by atoms with Gasteiger partial charge in [-0.05, 0) is 61.4 Å². The van der Waals surface area contributed by atoms with Gasteiger partial charge in [0.1, 0.15) is 10.8 Å². The Morgan fingerprint density at radius 1 is 1.14 bits per heavy atom. The third kappa shape index (κ3) is 8.63. The summed E-state index contributed by atoms with van der Waals surface area (Å²) in [4.78, 5) is 22.4. The first kappa shape index (κ1) is 29.3. The topological polar surface area (TPSA) is 115 Å². The molecule has 37 heavy (non-hydrogen) atoms. The molecule has 4 N–H and O–H groups in total. The van der Waals surface area contributed by atoms with Crippen molar-refractivity contribution in [3.05, 3.63) is 70.9 Å². The molecule has 0 amide bonds. The summed E-state index contributed by atoms with van der Waals surface area (Å²) in [5.74, 6) is 0.116. The van der Waals surface area contributed by atoms with E-state index in [1.807, 2.05) is 18.2 Å². The maximum Gasteiger partial charge on any atom is 0.469 e. The third-order valence-electron chi connectivity index (χ3n) is 5.75. The Hall–Kier alpha value is -2.27. The lowest BCUT2D eigenvalue weighted by Gasteiger charge is -2.21. The summed E-state index contributed by atoms with van der Waals surface area (Å²) < 4.78 is 62.4. The second-order valence-electron chi connectivity index (χ2n) is 9.08. The summed E-state index contributed by atoms with van der Waals surface area (Å²) in [5.41, 5.74) is 5.33. The van der Waals surface area contributed by atoms with E-state index in [1.54, 1.807) is 0 Å². The SMILES string of the molecule is CC(CCCCOc1ccc(-c2cnc(C(C)(N)COP(=O)(O)O)s2)cc1C(F)(F)F)c1ccccc1. The Morgan fingerprint density at radius 3 is 2.49 bits per heavy atom. The Kier molecular flexibility index (Phi) is 9.55. The third-order valence-corrected chi connectivity index (χ3v) is 7.55. The Morgan fingerprint density at radius 2 is 1.84 bits per heavy atom. The summed E-state index contributed by atoms with van der Waals surface area (Å²) in [7, 11) is -4.74. The van der Waals surface area contributed by atoms with Crippen molar-refractivity contribution in [3.63, 3.8) is 0 Å². The summed E-state index contributed by atoms with van der Waals surface area (Å²) in [6.45, 7) is 3.23. The van der Waals surface area contributed by atoms with E-state index in [2.05, 4.69) is 28.6 Å². The fraction of sp³-hybridized carbons (Fsp3) is 0.400. The van der Waals surface area contributed by atoms with E-state index >= 15 is 0 Å². The van der Waals surface area contributed by atoms with Gasteiger partial charge in [0.25, 0.3) is 0 Å². The molecule has 3 aromatic rings. The monoisotopic (exact) mass is 558 g/mol. The van der Waals surface area contributed by atoms with Crippen LogP contribution in [0, 0.1) is 0 Å². The molecular formula is C25H30F3N2O5PS. The quantitative estimate of drug-likeness (QED) is 0.173. The van der Waals surface area contributed by atoms with Gasteiger partial charge in [0.05, 0.1) is 29.2 Å². The molecule has 1 heterocycles. The highest BCUT2D eigenvalue weighted by molar-refractivity contribution is 7.46. The maximum absolute atomic E-state index is 13.8. The lowest BCUT2D eigenvalue weighted by molar-refractivity contribution is -0.138. The number of rotatable bonds is 12. The molecule has 2 unspecified atom stereocenters. The molecule has 0 radical (unpaired) electrons. The van der Waals surface area contributed by atoms with E-state index in [9.17, 15) is 17.7 Å². The van der Waals surface area contributed by atoms with Crippen LogP contribution in [-0.2, 0) is 20.8 Å². The first-order valence-corrected chi connectivity index (χ1v) is 14.0. The number of nitrogens with two attached hydrogens (primary N) is 1. The summed E-state index contributed by atoms with van der Waals surface area (Å²) in [6, 6.07) is 13.9. The molecule has 0 aliphatic rings. The minimum atomic E-state index is -4.74. The van der Waals surface area contributed by atoms with E-state index < -0.39 is 31.7 Å². The van der Waals surface area contributed by atoms with Crippen LogP contribution in [0.5, 0.6) is 5.75 Å². The molecule has 0 saturated carbocycles. The van der Waals surface area contributed by atoms with Crippen molar-refractivity contribution >= 4 is 19.2 Å². The second kappa shape index (κ2) is 12.1. The fourth-order valence-electron chi connectivity index (χ4n) is 3.67. The standard InChI is InChI=1S/C25H30F3N2O5PS/c1-17(18-9-4-3-5-10-18)8-6-7-13-34-21-12-11-19(14-20(21)25(26,27)28)22-15-30-23(37-22)24(2,29)16-35-36(31,32)33/h3-5,9-12,14-15,17H,6-8,13,16,29H2,1-2H3,(H2,31,32,33). The molecule has 2 atom stereocenters. The van der Waals surface area contributed by atoms with Gasteiger partial charge in [-0.25, -0.2) is 9.55 Å². The van der Waals surface area contributed by atoms with Gasteiger partial charge >= 0.3 is 14.0 Å². The molecule has 0 aliphatic carbocycles. The van der Waals surface area contributed by atoms with Gasteiger partial charge in [0, 0.05) is 6.20 Å². The minimum absolute atomic E-state index is 0.166. The van der Waals surface area contributed by atoms with Gasteiger partial charge in [-0.3, -0.25) is 4.52 Å². The van der Waals surface area contributed by atoms with Crippen LogP contribution in [-0.4, -0.2) is 28.0 Å². The lowest BCUT2D eigenvalue weighted by Crippen LogP contribution is -2.37. The summed E-state index contributed by atoms with van der Waals surface area (Å²) >= 11 is 1.02. The van der Waals surface area contributed by atoms with Crippen LogP contribution in [0.3, 0.4) is 0 Å². The van der Waals surface area contributed by atoms with Crippen molar-refractivity contribution < 1.29 is 36.8 Å². The molecule has 0 saturated heterocycles. The van der Waals surface area contributed by atoms with Gasteiger partial charge in [-0.15, -0.1) is 11.3 Å². The van der Waals surface area contributed by atoms with Crippen LogP contribution < -0.4 is 10.5 Å². The molecule has 0 aliphatic heterocycles. The van der Waals surface area contributed by atoms with E-state index in [1.165, 1.54) is 30.8 Å². The molecule has 0 fully saturated rings. The molecule has 0 bridgehead atoms. The van der Waals surface area contributed by atoms with Crippen LogP contribution >= 0.6 is 19.2 Å².